The van der Waals surface area contributed by atoms with Gasteiger partial charge >= 0.3 is 0 Å². The van der Waals surface area contributed by atoms with Crippen LogP contribution in [0.2, 0.25) is 0 Å². The summed E-state index contributed by atoms with van der Waals surface area (Å²) in [6.45, 7) is 11.7. The lowest BCUT2D eigenvalue weighted by molar-refractivity contribution is 0.166. The molecule has 0 aliphatic heterocycles. The molecule has 0 bridgehead atoms. The van der Waals surface area contributed by atoms with Gasteiger partial charge in [-0.1, -0.05) is 52.6 Å². The van der Waals surface area contributed by atoms with Gasteiger partial charge in [-0.2, -0.15) is 0 Å². The van der Waals surface area contributed by atoms with Crippen LogP contribution in [0.15, 0.2) is 16.6 Å². The van der Waals surface area contributed by atoms with E-state index < -0.39 is 0 Å². The summed E-state index contributed by atoms with van der Waals surface area (Å²) in [6.07, 6.45) is 0. The largest absolute Gasteiger partial charge is 0.493 e. The normalized spacial score (nSPS) is 13.5. The molecular formula is C15H22Br2O. The molecule has 0 N–H and O–H groups in total. The highest BCUT2D eigenvalue weighted by molar-refractivity contribution is 9.10. The number of alkyl halides is 1. The first-order chi connectivity index (χ1) is 8.25. The fourth-order valence-electron chi connectivity index (χ4n) is 1.71. The van der Waals surface area contributed by atoms with Gasteiger partial charge in [0.1, 0.15) is 5.75 Å². The molecule has 0 aliphatic carbocycles. The molecule has 0 amide bonds. The smallest absolute Gasteiger partial charge is 0.119 e. The monoisotopic (exact) mass is 376 g/mol. The Morgan fingerprint density at radius 1 is 1.17 bits per heavy atom. The van der Waals surface area contributed by atoms with Crippen molar-refractivity contribution in [3.05, 3.63) is 27.7 Å². The van der Waals surface area contributed by atoms with Gasteiger partial charge in [0.15, 0.2) is 0 Å². The number of hydrogen-bond donors (Lipinski definition) is 0. The molecule has 3 heteroatoms. The molecule has 0 aliphatic rings. The van der Waals surface area contributed by atoms with Crippen molar-refractivity contribution in [1.29, 1.82) is 0 Å². The van der Waals surface area contributed by atoms with Gasteiger partial charge in [0.25, 0.3) is 0 Å². The van der Waals surface area contributed by atoms with Gasteiger partial charge in [-0.05, 0) is 42.5 Å². The molecule has 102 valence electrons. The summed E-state index contributed by atoms with van der Waals surface area (Å²) in [6, 6.07) is 4.18. The predicted octanol–water partition coefficient (Wildman–Crippen LogP) is 5.50. The Hall–Kier alpha value is -0.0200. The summed E-state index contributed by atoms with van der Waals surface area (Å²) in [5.74, 6) is 1.46. The van der Waals surface area contributed by atoms with Crippen molar-refractivity contribution in [2.45, 2.75) is 34.6 Å². The maximum Gasteiger partial charge on any atom is 0.119 e. The van der Waals surface area contributed by atoms with E-state index in [1.807, 2.05) is 0 Å². The molecule has 1 rings (SSSR count). The lowest BCUT2D eigenvalue weighted by Gasteiger charge is -2.29. The van der Waals surface area contributed by atoms with Crippen molar-refractivity contribution in [2.24, 2.45) is 11.3 Å². The van der Waals surface area contributed by atoms with E-state index in [4.69, 9.17) is 4.74 Å². The van der Waals surface area contributed by atoms with Crippen molar-refractivity contribution in [3.63, 3.8) is 0 Å². The average molecular weight is 378 g/mol. The maximum absolute atomic E-state index is 5.95. The van der Waals surface area contributed by atoms with Crippen LogP contribution in [-0.4, -0.2) is 11.9 Å². The third-order valence-electron chi connectivity index (χ3n) is 3.27. The first-order valence-corrected chi connectivity index (χ1v) is 8.12. The van der Waals surface area contributed by atoms with E-state index in [1.54, 1.807) is 0 Å². The number of benzene rings is 1. The molecular weight excluding hydrogens is 356 g/mol. The summed E-state index contributed by atoms with van der Waals surface area (Å²) in [5, 5.41) is 0.963. The van der Waals surface area contributed by atoms with Crippen LogP contribution in [-0.2, 0) is 0 Å². The van der Waals surface area contributed by atoms with Crippen molar-refractivity contribution >= 4 is 31.9 Å². The van der Waals surface area contributed by atoms with E-state index in [1.165, 1.54) is 15.6 Å². The molecule has 0 spiro atoms. The highest BCUT2D eigenvalue weighted by Crippen LogP contribution is 2.30. The fourth-order valence-corrected chi connectivity index (χ4v) is 3.10. The minimum absolute atomic E-state index is 0.253. The lowest BCUT2D eigenvalue weighted by Crippen LogP contribution is -2.27. The molecule has 1 aromatic rings. The molecule has 0 fully saturated rings. The molecule has 0 saturated heterocycles. The Morgan fingerprint density at radius 3 is 2.06 bits per heavy atom. The van der Waals surface area contributed by atoms with Crippen LogP contribution in [0.25, 0.3) is 0 Å². The van der Waals surface area contributed by atoms with E-state index in [0.29, 0.717) is 5.92 Å². The summed E-state index contributed by atoms with van der Waals surface area (Å²) < 4.78 is 7.12. The molecule has 1 nitrogen and oxygen atoms in total. The van der Waals surface area contributed by atoms with Gasteiger partial charge in [-0.3, -0.25) is 0 Å². The minimum atomic E-state index is 0.253. The van der Waals surface area contributed by atoms with Crippen molar-refractivity contribution < 1.29 is 4.74 Å². The average Bonchev–Trinajstić information content (AvgIpc) is 2.24. The summed E-state index contributed by atoms with van der Waals surface area (Å²) in [4.78, 5) is 0. The van der Waals surface area contributed by atoms with E-state index in [0.717, 1.165) is 17.7 Å². The Morgan fingerprint density at radius 2 is 1.67 bits per heavy atom. The number of rotatable bonds is 4. The lowest BCUT2D eigenvalue weighted by atomic mass is 9.83. The molecule has 1 atom stereocenters. The second kappa shape index (κ2) is 6.42. The summed E-state index contributed by atoms with van der Waals surface area (Å²) in [7, 11) is 0. The second-order valence-corrected chi connectivity index (χ2v) is 7.34. The summed E-state index contributed by atoms with van der Waals surface area (Å²) in [5.41, 5.74) is 2.69. The summed E-state index contributed by atoms with van der Waals surface area (Å²) >= 11 is 7.15. The molecule has 0 radical (unpaired) electrons. The zero-order chi connectivity index (χ0) is 13.9. The molecule has 0 saturated carbocycles. The van der Waals surface area contributed by atoms with Gasteiger partial charge in [-0.25, -0.2) is 0 Å². The van der Waals surface area contributed by atoms with Gasteiger partial charge in [0.2, 0.25) is 0 Å². The minimum Gasteiger partial charge on any atom is -0.493 e. The van der Waals surface area contributed by atoms with Gasteiger partial charge in [-0.15, -0.1) is 0 Å². The third-order valence-corrected chi connectivity index (χ3v) is 5.30. The van der Waals surface area contributed by atoms with Crippen LogP contribution in [0.4, 0.5) is 0 Å². The van der Waals surface area contributed by atoms with E-state index in [-0.39, 0.29) is 5.41 Å². The number of halogens is 2. The van der Waals surface area contributed by atoms with Gasteiger partial charge in [0.05, 0.1) is 6.61 Å². The Labute approximate surface area is 128 Å². The van der Waals surface area contributed by atoms with Crippen molar-refractivity contribution in [2.75, 3.05) is 11.9 Å². The third kappa shape index (κ3) is 4.27. The highest BCUT2D eigenvalue weighted by atomic mass is 79.9. The molecule has 0 aromatic heterocycles. The van der Waals surface area contributed by atoms with Crippen LogP contribution in [0.1, 0.15) is 31.9 Å². The Kier molecular flexibility index (Phi) is 5.72. The van der Waals surface area contributed by atoms with Gasteiger partial charge in [0, 0.05) is 15.7 Å². The number of ether oxygens (including phenoxy) is 1. The van der Waals surface area contributed by atoms with E-state index in [2.05, 4.69) is 78.6 Å². The van der Waals surface area contributed by atoms with Crippen molar-refractivity contribution in [1.82, 2.24) is 0 Å². The number of hydrogen-bond acceptors (Lipinski definition) is 1. The molecule has 0 heterocycles. The fraction of sp³-hybridized carbons (Fsp3) is 0.600. The van der Waals surface area contributed by atoms with Gasteiger partial charge < -0.3 is 4.74 Å². The van der Waals surface area contributed by atoms with Crippen LogP contribution in [0.3, 0.4) is 0 Å². The Bertz CT molecular complexity index is 384. The topological polar surface area (TPSA) is 9.23 Å². The van der Waals surface area contributed by atoms with Crippen molar-refractivity contribution in [3.8, 4) is 5.75 Å². The standard InChI is InChI=1S/C15H22Br2O/c1-10-6-13(7-11(2)14(10)17)18-9-12(8-16)15(3,4)5/h6-7,12H,8-9H2,1-5H3. The van der Waals surface area contributed by atoms with Crippen LogP contribution in [0, 0.1) is 25.2 Å². The van der Waals surface area contributed by atoms with Crippen LogP contribution >= 0.6 is 31.9 Å². The van der Waals surface area contributed by atoms with E-state index >= 15 is 0 Å². The van der Waals surface area contributed by atoms with Crippen LogP contribution < -0.4 is 4.74 Å². The molecule has 1 unspecified atom stereocenters. The predicted molar refractivity (Wildman–Crippen MR) is 85.9 cm³/mol. The molecule has 18 heavy (non-hydrogen) atoms. The van der Waals surface area contributed by atoms with E-state index in [9.17, 15) is 0 Å². The SMILES string of the molecule is Cc1cc(OCC(CBr)C(C)(C)C)cc(C)c1Br. The quantitative estimate of drug-likeness (QED) is 0.629. The zero-order valence-corrected chi connectivity index (χ0v) is 15.0. The highest BCUT2D eigenvalue weighted by Gasteiger charge is 2.24. The second-order valence-electron chi connectivity index (χ2n) is 5.90. The first-order valence-electron chi connectivity index (χ1n) is 6.21. The Balaban J connectivity index is 2.75. The maximum atomic E-state index is 5.95. The zero-order valence-electron chi connectivity index (χ0n) is 11.8. The number of aryl methyl sites for hydroxylation is 2. The first kappa shape index (κ1) is 16.0. The van der Waals surface area contributed by atoms with Crippen LogP contribution in [0.5, 0.6) is 5.75 Å². The molecule has 1 aromatic carbocycles.